The van der Waals surface area contributed by atoms with Crippen molar-refractivity contribution in [1.82, 2.24) is 9.97 Å². The third kappa shape index (κ3) is 3.09. The SMILES string of the molecule is CS(=O)(=O)CCC(N)c1nc2c(Br)cccc2[nH]1. The van der Waals surface area contributed by atoms with Gasteiger partial charge in [-0.3, -0.25) is 0 Å². The standard InChI is InChI=1S/C11H14BrN3O2S/c1-18(16,17)6-5-8(13)11-14-9-4-2-3-7(12)10(9)15-11/h2-4,8H,5-6,13H2,1H3,(H,14,15). The van der Waals surface area contributed by atoms with Crippen molar-refractivity contribution >= 4 is 36.8 Å². The van der Waals surface area contributed by atoms with Crippen LogP contribution in [-0.4, -0.2) is 30.4 Å². The Morgan fingerprint density at radius 1 is 1.50 bits per heavy atom. The summed E-state index contributed by atoms with van der Waals surface area (Å²) in [7, 11) is -3.00. The minimum Gasteiger partial charge on any atom is -0.341 e. The van der Waals surface area contributed by atoms with Crippen LogP contribution in [0.2, 0.25) is 0 Å². The molecule has 1 aromatic heterocycles. The molecule has 0 aliphatic heterocycles. The third-order valence-electron chi connectivity index (χ3n) is 2.63. The Bertz CT molecular complexity index is 666. The average Bonchev–Trinajstić information content (AvgIpc) is 2.70. The lowest BCUT2D eigenvalue weighted by molar-refractivity contribution is 0.588. The van der Waals surface area contributed by atoms with Gasteiger partial charge in [0.15, 0.2) is 0 Å². The number of nitrogens with zero attached hydrogens (tertiary/aromatic N) is 1. The summed E-state index contributed by atoms with van der Waals surface area (Å²) in [6.45, 7) is 0. The van der Waals surface area contributed by atoms with E-state index < -0.39 is 15.9 Å². The molecule has 0 fully saturated rings. The molecule has 0 spiro atoms. The number of aromatic nitrogens is 2. The highest BCUT2D eigenvalue weighted by Crippen LogP contribution is 2.23. The maximum absolute atomic E-state index is 11.1. The molecule has 0 saturated heterocycles. The summed E-state index contributed by atoms with van der Waals surface area (Å²) in [5, 5.41) is 0. The Kier molecular flexibility index (Phi) is 3.74. The van der Waals surface area contributed by atoms with Gasteiger partial charge < -0.3 is 10.7 Å². The van der Waals surface area contributed by atoms with Crippen LogP contribution in [0.25, 0.3) is 11.0 Å². The van der Waals surface area contributed by atoms with Gasteiger partial charge in [-0.2, -0.15) is 0 Å². The molecule has 7 heteroatoms. The highest BCUT2D eigenvalue weighted by Gasteiger charge is 2.14. The van der Waals surface area contributed by atoms with Gasteiger partial charge in [-0.15, -0.1) is 0 Å². The van der Waals surface area contributed by atoms with E-state index in [1.165, 1.54) is 6.26 Å². The zero-order valence-electron chi connectivity index (χ0n) is 9.85. The fourth-order valence-electron chi connectivity index (χ4n) is 1.67. The highest BCUT2D eigenvalue weighted by molar-refractivity contribution is 9.10. The molecule has 0 amide bonds. The molecule has 2 aromatic rings. The summed E-state index contributed by atoms with van der Waals surface area (Å²) in [4.78, 5) is 7.50. The zero-order valence-corrected chi connectivity index (χ0v) is 12.3. The first-order chi connectivity index (χ1) is 8.37. The number of hydrogen-bond acceptors (Lipinski definition) is 4. The van der Waals surface area contributed by atoms with E-state index in [1.807, 2.05) is 18.2 Å². The predicted octanol–water partition coefficient (Wildman–Crippen LogP) is 1.76. The summed E-state index contributed by atoms with van der Waals surface area (Å²) in [5.74, 6) is 0.674. The van der Waals surface area contributed by atoms with Crippen molar-refractivity contribution in [2.75, 3.05) is 12.0 Å². The Morgan fingerprint density at radius 3 is 2.83 bits per heavy atom. The van der Waals surface area contributed by atoms with Crippen molar-refractivity contribution in [3.05, 3.63) is 28.5 Å². The Morgan fingerprint density at radius 2 is 2.22 bits per heavy atom. The number of fused-ring (bicyclic) bond motifs is 1. The number of hydrogen-bond donors (Lipinski definition) is 2. The number of benzene rings is 1. The van der Waals surface area contributed by atoms with Crippen LogP contribution in [0.5, 0.6) is 0 Å². The van der Waals surface area contributed by atoms with Crippen LogP contribution in [0, 0.1) is 0 Å². The fourth-order valence-corrected chi connectivity index (χ4v) is 2.81. The van der Waals surface area contributed by atoms with Crippen molar-refractivity contribution in [2.45, 2.75) is 12.5 Å². The molecule has 0 saturated carbocycles. The van der Waals surface area contributed by atoms with Crippen LogP contribution in [0.15, 0.2) is 22.7 Å². The number of rotatable bonds is 4. The smallest absolute Gasteiger partial charge is 0.147 e. The zero-order chi connectivity index (χ0) is 13.3. The van der Waals surface area contributed by atoms with Crippen molar-refractivity contribution in [1.29, 1.82) is 0 Å². The van der Waals surface area contributed by atoms with E-state index in [0.717, 1.165) is 15.5 Å². The fraction of sp³-hybridized carbons (Fsp3) is 0.364. The first-order valence-electron chi connectivity index (χ1n) is 5.44. The second-order valence-corrected chi connectivity index (χ2v) is 7.40. The summed E-state index contributed by atoms with van der Waals surface area (Å²) >= 11 is 3.41. The van der Waals surface area contributed by atoms with E-state index >= 15 is 0 Å². The molecule has 0 radical (unpaired) electrons. The predicted molar refractivity (Wildman–Crippen MR) is 75.0 cm³/mol. The Labute approximate surface area is 114 Å². The van der Waals surface area contributed by atoms with E-state index in [2.05, 4.69) is 25.9 Å². The molecule has 1 atom stereocenters. The van der Waals surface area contributed by atoms with Crippen LogP contribution < -0.4 is 5.73 Å². The van der Waals surface area contributed by atoms with Gasteiger partial charge in [0, 0.05) is 10.7 Å². The van der Waals surface area contributed by atoms with Gasteiger partial charge >= 0.3 is 0 Å². The van der Waals surface area contributed by atoms with E-state index in [-0.39, 0.29) is 5.75 Å². The molecule has 5 nitrogen and oxygen atoms in total. The second-order valence-electron chi connectivity index (χ2n) is 4.28. The van der Waals surface area contributed by atoms with Crippen molar-refractivity contribution in [3.8, 4) is 0 Å². The van der Waals surface area contributed by atoms with Crippen LogP contribution in [-0.2, 0) is 9.84 Å². The molecule has 1 aromatic carbocycles. The van der Waals surface area contributed by atoms with E-state index in [1.54, 1.807) is 0 Å². The van der Waals surface area contributed by atoms with Gasteiger partial charge in [-0.25, -0.2) is 13.4 Å². The van der Waals surface area contributed by atoms with E-state index in [0.29, 0.717) is 12.2 Å². The molecule has 0 bridgehead atoms. The quantitative estimate of drug-likeness (QED) is 0.893. The van der Waals surface area contributed by atoms with Gasteiger partial charge in [0.25, 0.3) is 0 Å². The number of H-pyrrole nitrogens is 1. The van der Waals surface area contributed by atoms with E-state index in [4.69, 9.17) is 5.73 Å². The lowest BCUT2D eigenvalue weighted by Crippen LogP contribution is -2.16. The molecule has 1 unspecified atom stereocenters. The maximum Gasteiger partial charge on any atom is 0.147 e. The Hall–Kier alpha value is -0.920. The molecule has 2 rings (SSSR count). The lowest BCUT2D eigenvalue weighted by atomic mass is 10.2. The molecule has 0 aliphatic carbocycles. The minimum absolute atomic E-state index is 0.0619. The number of imidazole rings is 1. The van der Waals surface area contributed by atoms with Crippen LogP contribution in [0.4, 0.5) is 0 Å². The monoisotopic (exact) mass is 331 g/mol. The number of aromatic amines is 1. The van der Waals surface area contributed by atoms with Gasteiger partial charge in [0.1, 0.15) is 21.2 Å². The molecule has 1 heterocycles. The van der Waals surface area contributed by atoms with Gasteiger partial charge in [0.05, 0.1) is 17.3 Å². The second kappa shape index (κ2) is 4.99. The third-order valence-corrected chi connectivity index (χ3v) is 4.25. The Balaban J connectivity index is 2.23. The number of nitrogens with two attached hydrogens (primary N) is 1. The van der Waals surface area contributed by atoms with Gasteiger partial charge in [-0.1, -0.05) is 6.07 Å². The summed E-state index contributed by atoms with van der Waals surface area (Å²) in [5.41, 5.74) is 7.63. The van der Waals surface area contributed by atoms with Crippen molar-refractivity contribution < 1.29 is 8.42 Å². The molecule has 0 aliphatic rings. The first kappa shape index (κ1) is 13.5. The molecule has 98 valence electrons. The summed E-state index contributed by atoms with van der Waals surface area (Å²) in [6, 6.07) is 5.30. The van der Waals surface area contributed by atoms with Crippen LogP contribution in [0.1, 0.15) is 18.3 Å². The number of para-hydroxylation sites is 1. The maximum atomic E-state index is 11.1. The van der Waals surface area contributed by atoms with Gasteiger partial charge in [-0.05, 0) is 34.5 Å². The number of sulfone groups is 1. The number of nitrogens with one attached hydrogen (secondary N) is 1. The van der Waals surface area contributed by atoms with Crippen molar-refractivity contribution in [3.63, 3.8) is 0 Å². The minimum atomic E-state index is -3.00. The molecular formula is C11H14BrN3O2S. The van der Waals surface area contributed by atoms with Crippen LogP contribution in [0.3, 0.4) is 0 Å². The first-order valence-corrected chi connectivity index (χ1v) is 8.29. The normalized spacial score (nSPS) is 13.9. The molecule has 3 N–H and O–H groups in total. The summed E-state index contributed by atoms with van der Waals surface area (Å²) in [6.07, 6.45) is 1.56. The largest absolute Gasteiger partial charge is 0.341 e. The lowest BCUT2D eigenvalue weighted by Gasteiger charge is -2.06. The average molecular weight is 332 g/mol. The van der Waals surface area contributed by atoms with Gasteiger partial charge in [0.2, 0.25) is 0 Å². The summed E-state index contributed by atoms with van der Waals surface area (Å²) < 4.78 is 23.1. The highest BCUT2D eigenvalue weighted by atomic mass is 79.9. The topological polar surface area (TPSA) is 88.8 Å². The molecular weight excluding hydrogens is 318 g/mol. The molecule has 18 heavy (non-hydrogen) atoms. The van der Waals surface area contributed by atoms with Crippen molar-refractivity contribution in [2.24, 2.45) is 5.73 Å². The van der Waals surface area contributed by atoms with Crippen LogP contribution >= 0.6 is 15.9 Å². The number of halogens is 1. The van der Waals surface area contributed by atoms with E-state index in [9.17, 15) is 8.42 Å².